The molecule has 0 radical (unpaired) electrons. The minimum Gasteiger partial charge on any atom is -0.493 e. The maximum Gasteiger partial charge on any atom is 0.319 e. The Bertz CT molecular complexity index is 661. The molecule has 3 N–H and O–H groups in total. The fourth-order valence-corrected chi connectivity index (χ4v) is 2.32. The Kier molecular flexibility index (Phi) is 6.45. The molecule has 6 nitrogen and oxygen atoms in total. The summed E-state index contributed by atoms with van der Waals surface area (Å²) in [7, 11) is 3.05. The van der Waals surface area contributed by atoms with Crippen molar-refractivity contribution < 1.29 is 19.4 Å². The molecule has 0 spiro atoms. The Morgan fingerprint density at radius 2 is 1.83 bits per heavy atom. The molecule has 0 heterocycles. The molecule has 128 valence electrons. The zero-order valence-electron chi connectivity index (χ0n) is 13.8. The molecule has 0 fully saturated rings. The third-order valence-electron chi connectivity index (χ3n) is 3.54. The highest BCUT2D eigenvalue weighted by Crippen LogP contribution is 2.34. The lowest BCUT2D eigenvalue weighted by Gasteiger charge is -2.15. The average Bonchev–Trinajstić information content (AvgIpc) is 2.62. The molecule has 0 aliphatic carbocycles. The predicted molar refractivity (Wildman–Crippen MR) is 92.6 cm³/mol. The van der Waals surface area contributed by atoms with Gasteiger partial charge in [-0.1, -0.05) is 36.4 Å². The van der Waals surface area contributed by atoms with Gasteiger partial charge in [-0.05, 0) is 24.1 Å². The van der Waals surface area contributed by atoms with E-state index in [-0.39, 0.29) is 6.03 Å². The molecule has 2 aromatic carbocycles. The molecule has 1 atom stereocenters. The van der Waals surface area contributed by atoms with Crippen LogP contribution in [-0.2, 0) is 0 Å². The number of nitrogens with one attached hydrogen (secondary N) is 2. The number of rotatable bonds is 7. The van der Waals surface area contributed by atoms with Gasteiger partial charge in [0.25, 0.3) is 0 Å². The number of carbonyl (C=O) groups is 1. The third kappa shape index (κ3) is 4.63. The highest BCUT2D eigenvalue weighted by Gasteiger charge is 2.12. The van der Waals surface area contributed by atoms with Crippen molar-refractivity contribution in [2.24, 2.45) is 0 Å². The molecule has 6 heteroatoms. The van der Waals surface area contributed by atoms with E-state index in [4.69, 9.17) is 9.47 Å². The van der Waals surface area contributed by atoms with E-state index in [1.165, 1.54) is 14.2 Å². The highest BCUT2D eigenvalue weighted by atomic mass is 16.5. The van der Waals surface area contributed by atoms with Crippen molar-refractivity contribution in [3.63, 3.8) is 0 Å². The maximum absolute atomic E-state index is 12.0. The van der Waals surface area contributed by atoms with Crippen molar-refractivity contribution in [1.29, 1.82) is 0 Å². The van der Waals surface area contributed by atoms with Gasteiger partial charge in [0.05, 0.1) is 26.0 Å². The van der Waals surface area contributed by atoms with Crippen LogP contribution in [0, 0.1) is 0 Å². The Morgan fingerprint density at radius 3 is 2.50 bits per heavy atom. The van der Waals surface area contributed by atoms with Crippen LogP contribution >= 0.6 is 0 Å². The normalized spacial score (nSPS) is 11.5. The summed E-state index contributed by atoms with van der Waals surface area (Å²) in [4.78, 5) is 12.0. The molecular weight excluding hydrogens is 308 g/mol. The number of amides is 2. The Morgan fingerprint density at radius 1 is 1.08 bits per heavy atom. The summed E-state index contributed by atoms with van der Waals surface area (Å²) in [6, 6.07) is 14.2. The van der Waals surface area contributed by atoms with Crippen LogP contribution in [0.15, 0.2) is 48.5 Å². The summed E-state index contributed by atoms with van der Waals surface area (Å²) >= 11 is 0. The first-order chi connectivity index (χ1) is 11.7. The number of hydrogen-bond donors (Lipinski definition) is 3. The number of methoxy groups -OCH3 is 2. The van der Waals surface area contributed by atoms with E-state index in [2.05, 4.69) is 10.6 Å². The second-order valence-corrected chi connectivity index (χ2v) is 5.14. The Labute approximate surface area is 141 Å². The van der Waals surface area contributed by atoms with E-state index >= 15 is 0 Å². The fourth-order valence-electron chi connectivity index (χ4n) is 2.32. The van der Waals surface area contributed by atoms with Gasteiger partial charge >= 0.3 is 6.03 Å². The summed E-state index contributed by atoms with van der Waals surface area (Å²) in [5.41, 5.74) is 1.34. The molecule has 0 aliphatic heterocycles. The van der Waals surface area contributed by atoms with Gasteiger partial charge in [-0.25, -0.2) is 4.79 Å². The number of anilines is 1. The molecular formula is C18H22N2O4. The number of para-hydroxylation sites is 1. The Balaban J connectivity index is 1.86. The maximum atomic E-state index is 12.0. The van der Waals surface area contributed by atoms with Gasteiger partial charge in [0.2, 0.25) is 0 Å². The second-order valence-electron chi connectivity index (χ2n) is 5.14. The number of aliphatic hydroxyl groups excluding tert-OH is 1. The summed E-state index contributed by atoms with van der Waals surface area (Å²) in [5.74, 6) is 0.995. The van der Waals surface area contributed by atoms with Crippen LogP contribution < -0.4 is 20.1 Å². The number of aliphatic hydroxyl groups is 1. The molecule has 0 saturated carbocycles. The minimum absolute atomic E-state index is 0.341. The van der Waals surface area contributed by atoms with Crippen molar-refractivity contribution in [3.05, 3.63) is 54.1 Å². The zero-order valence-corrected chi connectivity index (χ0v) is 13.8. The molecule has 2 aromatic rings. The predicted octanol–water partition coefficient (Wildman–Crippen LogP) is 2.95. The zero-order chi connectivity index (χ0) is 17.4. The van der Waals surface area contributed by atoms with Crippen LogP contribution in [0.5, 0.6) is 11.5 Å². The van der Waals surface area contributed by atoms with Crippen LogP contribution in [0.2, 0.25) is 0 Å². The van der Waals surface area contributed by atoms with E-state index in [1.54, 1.807) is 18.2 Å². The molecule has 0 bridgehead atoms. The number of ether oxygens (including phenoxy) is 2. The molecule has 24 heavy (non-hydrogen) atoms. The van der Waals surface area contributed by atoms with E-state index in [1.807, 2.05) is 30.3 Å². The van der Waals surface area contributed by atoms with Crippen molar-refractivity contribution >= 4 is 11.7 Å². The van der Waals surface area contributed by atoms with Gasteiger partial charge in [0, 0.05) is 6.54 Å². The van der Waals surface area contributed by atoms with E-state index in [0.717, 1.165) is 5.56 Å². The molecule has 0 aliphatic rings. The lowest BCUT2D eigenvalue weighted by atomic mass is 10.1. The fraction of sp³-hybridized carbons (Fsp3) is 0.278. The average molecular weight is 330 g/mol. The smallest absolute Gasteiger partial charge is 0.319 e. The highest BCUT2D eigenvalue weighted by molar-refractivity contribution is 5.91. The second kappa shape index (κ2) is 8.79. The first-order valence-corrected chi connectivity index (χ1v) is 7.64. The minimum atomic E-state index is -0.613. The van der Waals surface area contributed by atoms with E-state index in [9.17, 15) is 9.90 Å². The summed E-state index contributed by atoms with van der Waals surface area (Å²) in [6.45, 7) is 0.341. The van der Waals surface area contributed by atoms with Gasteiger partial charge in [0.1, 0.15) is 0 Å². The van der Waals surface area contributed by atoms with Crippen LogP contribution in [-0.4, -0.2) is 31.9 Å². The van der Waals surface area contributed by atoms with E-state index in [0.29, 0.717) is 30.2 Å². The SMILES string of the molecule is COc1cccc(NC(=O)NCCC(O)c2ccccc2)c1OC. The first-order valence-electron chi connectivity index (χ1n) is 7.64. The number of carbonyl (C=O) groups excluding carboxylic acids is 1. The topological polar surface area (TPSA) is 79.8 Å². The lowest BCUT2D eigenvalue weighted by Crippen LogP contribution is -2.30. The van der Waals surface area contributed by atoms with Gasteiger partial charge in [0.15, 0.2) is 11.5 Å². The first kappa shape index (κ1) is 17.6. The third-order valence-corrected chi connectivity index (χ3v) is 3.54. The van der Waals surface area contributed by atoms with Crippen LogP contribution in [0.4, 0.5) is 10.5 Å². The van der Waals surface area contributed by atoms with E-state index < -0.39 is 6.10 Å². The standard InChI is InChI=1S/C18H22N2O4/c1-23-16-10-6-9-14(17(16)24-2)20-18(22)19-12-11-15(21)13-7-4-3-5-8-13/h3-10,15,21H,11-12H2,1-2H3,(H2,19,20,22). The Hall–Kier alpha value is -2.73. The van der Waals surface area contributed by atoms with Crippen molar-refractivity contribution in [3.8, 4) is 11.5 Å². The lowest BCUT2D eigenvalue weighted by molar-refractivity contribution is 0.167. The number of hydrogen-bond acceptors (Lipinski definition) is 4. The summed E-state index contributed by atoms with van der Waals surface area (Å²) in [5, 5.41) is 15.5. The van der Waals surface area contributed by atoms with Gasteiger partial charge in [-0.15, -0.1) is 0 Å². The summed E-state index contributed by atoms with van der Waals surface area (Å²) in [6.07, 6.45) is -0.190. The van der Waals surface area contributed by atoms with Crippen molar-refractivity contribution in [2.75, 3.05) is 26.1 Å². The van der Waals surface area contributed by atoms with Gasteiger partial charge < -0.3 is 25.2 Å². The molecule has 1 unspecified atom stereocenters. The van der Waals surface area contributed by atoms with Gasteiger partial charge in [-0.3, -0.25) is 0 Å². The van der Waals surface area contributed by atoms with Crippen molar-refractivity contribution in [2.45, 2.75) is 12.5 Å². The quantitative estimate of drug-likeness (QED) is 0.729. The molecule has 0 aromatic heterocycles. The monoisotopic (exact) mass is 330 g/mol. The van der Waals surface area contributed by atoms with Crippen molar-refractivity contribution in [1.82, 2.24) is 5.32 Å². The van der Waals surface area contributed by atoms with Crippen LogP contribution in [0.3, 0.4) is 0 Å². The van der Waals surface area contributed by atoms with Crippen LogP contribution in [0.25, 0.3) is 0 Å². The number of urea groups is 1. The molecule has 0 saturated heterocycles. The summed E-state index contributed by atoms with van der Waals surface area (Å²) < 4.78 is 10.5. The molecule has 2 amide bonds. The van der Waals surface area contributed by atoms with Gasteiger partial charge in [-0.2, -0.15) is 0 Å². The number of benzene rings is 2. The van der Waals surface area contributed by atoms with Crippen LogP contribution in [0.1, 0.15) is 18.1 Å². The molecule has 2 rings (SSSR count). The largest absolute Gasteiger partial charge is 0.493 e.